The molecule has 1 aromatic carbocycles. The lowest BCUT2D eigenvalue weighted by atomic mass is 10.2. The number of halogens is 2. The van der Waals surface area contributed by atoms with E-state index in [0.717, 1.165) is 34.0 Å². The zero-order valence-electron chi connectivity index (χ0n) is 12.9. The third-order valence-electron chi connectivity index (χ3n) is 2.90. The number of nitrogens with zero attached hydrogens (tertiary/aromatic N) is 1. The Morgan fingerprint density at radius 2 is 1.90 bits per heavy atom. The summed E-state index contributed by atoms with van der Waals surface area (Å²) in [7, 11) is 3.43. The minimum atomic E-state index is -0.531. The van der Waals surface area contributed by atoms with E-state index < -0.39 is 6.10 Å². The molecule has 0 saturated carbocycles. The van der Waals surface area contributed by atoms with E-state index in [1.54, 1.807) is 21.0 Å². The predicted octanol–water partition coefficient (Wildman–Crippen LogP) is 3.57. The maximum Gasteiger partial charge on any atom is 0.262 e. The molecule has 0 bridgehead atoms. The van der Waals surface area contributed by atoms with Gasteiger partial charge in [0.05, 0.1) is 8.95 Å². The van der Waals surface area contributed by atoms with Crippen LogP contribution in [0.25, 0.3) is 0 Å². The highest BCUT2D eigenvalue weighted by molar-refractivity contribution is 9.11. The molecule has 0 heterocycles. The Morgan fingerprint density at radius 3 is 2.38 bits per heavy atom. The zero-order valence-corrected chi connectivity index (χ0v) is 16.0. The van der Waals surface area contributed by atoms with Gasteiger partial charge in [-0.25, -0.2) is 0 Å². The van der Waals surface area contributed by atoms with Crippen LogP contribution in [0.3, 0.4) is 0 Å². The molecule has 0 aliphatic heterocycles. The Bertz CT molecular complexity index is 470. The van der Waals surface area contributed by atoms with Crippen LogP contribution in [0, 0.1) is 0 Å². The first kappa shape index (κ1) is 18.5. The molecule has 1 atom stereocenters. The van der Waals surface area contributed by atoms with Crippen molar-refractivity contribution < 1.29 is 9.53 Å². The van der Waals surface area contributed by atoms with Gasteiger partial charge in [-0.3, -0.25) is 4.79 Å². The van der Waals surface area contributed by atoms with Crippen molar-refractivity contribution in [2.75, 3.05) is 20.6 Å². The Labute approximate surface area is 143 Å². The summed E-state index contributed by atoms with van der Waals surface area (Å²) in [6.07, 6.45) is 0.574. The molecule has 1 N–H and O–H groups in total. The molecular weight excluding hydrogens is 400 g/mol. The number of carbonyl (C=O) groups excluding carboxylic acids is 1. The second kappa shape index (κ2) is 8.76. The first-order valence-electron chi connectivity index (χ1n) is 6.93. The number of hydrogen-bond donors (Lipinski definition) is 1. The maximum atomic E-state index is 11.9. The molecule has 118 valence electrons. The molecule has 21 heavy (non-hydrogen) atoms. The fraction of sp³-hybridized carbons (Fsp3) is 0.533. The van der Waals surface area contributed by atoms with Crippen molar-refractivity contribution >= 4 is 37.8 Å². The summed E-state index contributed by atoms with van der Waals surface area (Å²) < 4.78 is 7.45. The minimum absolute atomic E-state index is 0.0671. The normalized spacial score (nSPS) is 12.1. The SMILES string of the molecule is CCCNCc1cc(Br)c(OC(C)C(=O)N(C)C)c(Br)c1. The molecule has 4 nitrogen and oxygen atoms in total. The number of ether oxygens (including phenoxy) is 1. The number of hydrogen-bond acceptors (Lipinski definition) is 3. The monoisotopic (exact) mass is 420 g/mol. The van der Waals surface area contributed by atoms with Crippen molar-refractivity contribution in [1.82, 2.24) is 10.2 Å². The van der Waals surface area contributed by atoms with Crippen molar-refractivity contribution in [1.29, 1.82) is 0 Å². The summed E-state index contributed by atoms with van der Waals surface area (Å²) >= 11 is 7.03. The summed E-state index contributed by atoms with van der Waals surface area (Å²) in [6, 6.07) is 4.02. The predicted molar refractivity (Wildman–Crippen MR) is 92.6 cm³/mol. The number of rotatable bonds is 7. The van der Waals surface area contributed by atoms with Gasteiger partial charge in [0.15, 0.2) is 6.10 Å². The second-order valence-electron chi connectivity index (χ2n) is 5.06. The van der Waals surface area contributed by atoms with Crippen LogP contribution in [0.15, 0.2) is 21.1 Å². The zero-order chi connectivity index (χ0) is 16.0. The van der Waals surface area contributed by atoms with Crippen LogP contribution in [0.4, 0.5) is 0 Å². The van der Waals surface area contributed by atoms with E-state index in [-0.39, 0.29) is 5.91 Å². The Morgan fingerprint density at radius 1 is 1.33 bits per heavy atom. The molecule has 0 aliphatic rings. The van der Waals surface area contributed by atoms with Crippen LogP contribution < -0.4 is 10.1 Å². The van der Waals surface area contributed by atoms with E-state index in [4.69, 9.17) is 4.74 Å². The van der Waals surface area contributed by atoms with E-state index in [0.29, 0.717) is 5.75 Å². The van der Waals surface area contributed by atoms with E-state index in [1.807, 2.05) is 12.1 Å². The first-order valence-corrected chi connectivity index (χ1v) is 8.51. The van der Waals surface area contributed by atoms with Crippen LogP contribution in [0.2, 0.25) is 0 Å². The lowest BCUT2D eigenvalue weighted by Crippen LogP contribution is -2.35. The second-order valence-corrected chi connectivity index (χ2v) is 6.77. The average Bonchev–Trinajstić information content (AvgIpc) is 2.42. The third-order valence-corrected chi connectivity index (χ3v) is 4.08. The highest BCUT2D eigenvalue weighted by Crippen LogP contribution is 2.35. The Balaban J connectivity index is 2.82. The van der Waals surface area contributed by atoms with Gasteiger partial charge in [-0.15, -0.1) is 0 Å². The highest BCUT2D eigenvalue weighted by Gasteiger charge is 2.19. The van der Waals surface area contributed by atoms with Gasteiger partial charge in [-0.1, -0.05) is 6.92 Å². The van der Waals surface area contributed by atoms with Gasteiger partial charge >= 0.3 is 0 Å². The van der Waals surface area contributed by atoms with Crippen molar-refractivity contribution in [2.24, 2.45) is 0 Å². The van der Waals surface area contributed by atoms with E-state index in [1.165, 1.54) is 4.90 Å². The molecular formula is C15H22Br2N2O2. The molecule has 6 heteroatoms. The molecule has 0 fully saturated rings. The van der Waals surface area contributed by atoms with Crippen molar-refractivity contribution in [2.45, 2.75) is 32.9 Å². The van der Waals surface area contributed by atoms with Crippen LogP contribution in [-0.4, -0.2) is 37.6 Å². The summed E-state index contributed by atoms with van der Waals surface area (Å²) in [4.78, 5) is 13.4. The number of nitrogens with one attached hydrogen (secondary N) is 1. The van der Waals surface area contributed by atoms with Crippen molar-refractivity contribution in [3.8, 4) is 5.75 Å². The Kier molecular flexibility index (Phi) is 7.70. The fourth-order valence-corrected chi connectivity index (χ4v) is 3.30. The molecule has 1 rings (SSSR count). The summed E-state index contributed by atoms with van der Waals surface area (Å²) in [6.45, 7) is 5.68. The fourth-order valence-electron chi connectivity index (χ4n) is 1.83. The van der Waals surface area contributed by atoms with Gasteiger partial charge in [0.25, 0.3) is 5.91 Å². The van der Waals surface area contributed by atoms with Gasteiger partial charge in [0.2, 0.25) is 0 Å². The smallest absolute Gasteiger partial charge is 0.262 e. The van der Waals surface area contributed by atoms with Gasteiger partial charge in [-0.05, 0) is 69.4 Å². The van der Waals surface area contributed by atoms with E-state index >= 15 is 0 Å². The number of carbonyl (C=O) groups is 1. The molecule has 0 radical (unpaired) electrons. The van der Waals surface area contributed by atoms with E-state index in [2.05, 4.69) is 44.1 Å². The third kappa shape index (κ3) is 5.60. The van der Waals surface area contributed by atoms with E-state index in [9.17, 15) is 4.79 Å². The topological polar surface area (TPSA) is 41.6 Å². The summed E-state index contributed by atoms with van der Waals surface area (Å²) in [5.41, 5.74) is 1.15. The molecule has 1 unspecified atom stereocenters. The van der Waals surface area contributed by atoms with Gasteiger partial charge in [-0.2, -0.15) is 0 Å². The molecule has 0 spiro atoms. The lowest BCUT2D eigenvalue weighted by molar-refractivity contribution is -0.135. The lowest BCUT2D eigenvalue weighted by Gasteiger charge is -2.20. The largest absolute Gasteiger partial charge is 0.479 e. The summed E-state index contributed by atoms with van der Waals surface area (Å²) in [5.74, 6) is 0.583. The number of benzene rings is 1. The number of likely N-dealkylation sites (N-methyl/N-ethyl adjacent to an activating group) is 1. The van der Waals surface area contributed by atoms with Gasteiger partial charge in [0.1, 0.15) is 5.75 Å². The molecule has 0 saturated heterocycles. The minimum Gasteiger partial charge on any atom is -0.479 e. The highest BCUT2D eigenvalue weighted by atomic mass is 79.9. The van der Waals surface area contributed by atoms with Crippen LogP contribution >= 0.6 is 31.9 Å². The molecule has 1 amide bonds. The molecule has 0 aliphatic carbocycles. The summed E-state index contributed by atoms with van der Waals surface area (Å²) in [5, 5.41) is 3.36. The average molecular weight is 422 g/mol. The Hall–Kier alpha value is -0.590. The number of amides is 1. The molecule has 0 aromatic heterocycles. The van der Waals surface area contributed by atoms with Gasteiger partial charge in [0, 0.05) is 20.6 Å². The quantitative estimate of drug-likeness (QED) is 0.684. The van der Waals surface area contributed by atoms with Gasteiger partial charge < -0.3 is 15.0 Å². The van der Waals surface area contributed by atoms with Crippen LogP contribution in [0.1, 0.15) is 25.8 Å². The molecule has 1 aromatic rings. The van der Waals surface area contributed by atoms with Crippen molar-refractivity contribution in [3.05, 3.63) is 26.6 Å². The standard InChI is InChI=1S/C15H22Br2N2O2/c1-5-6-18-9-11-7-12(16)14(13(17)8-11)21-10(2)15(20)19(3)4/h7-8,10,18H,5-6,9H2,1-4H3. The maximum absolute atomic E-state index is 11.9. The van der Waals surface area contributed by atoms with Crippen LogP contribution in [-0.2, 0) is 11.3 Å². The first-order chi connectivity index (χ1) is 9.86. The van der Waals surface area contributed by atoms with Crippen LogP contribution in [0.5, 0.6) is 5.75 Å². The van der Waals surface area contributed by atoms with Crippen molar-refractivity contribution in [3.63, 3.8) is 0 Å².